The van der Waals surface area contributed by atoms with Crippen molar-refractivity contribution >= 4 is 5.97 Å². The van der Waals surface area contributed by atoms with Crippen LogP contribution in [0.2, 0.25) is 0 Å². The van der Waals surface area contributed by atoms with Gasteiger partial charge in [-0.25, -0.2) is 0 Å². The van der Waals surface area contributed by atoms with Gasteiger partial charge in [0.2, 0.25) is 0 Å². The largest absolute Gasteiger partial charge is 0.462 e. The van der Waals surface area contributed by atoms with Crippen molar-refractivity contribution < 1.29 is 24.9 Å². The summed E-state index contributed by atoms with van der Waals surface area (Å²) in [6, 6.07) is 0. The van der Waals surface area contributed by atoms with Crippen LogP contribution in [0.4, 0.5) is 0 Å². The Hall–Kier alpha value is -0.910. The van der Waals surface area contributed by atoms with Crippen molar-refractivity contribution in [3.63, 3.8) is 0 Å². The minimum Gasteiger partial charge on any atom is -0.462 e. The van der Waals surface area contributed by atoms with Gasteiger partial charge in [0.1, 0.15) is 6.10 Å². The van der Waals surface area contributed by atoms with Crippen LogP contribution < -0.4 is 0 Å². The molecule has 1 spiro atoms. The Bertz CT molecular complexity index is 661. The number of carbonyl (C=O) groups excluding carboxylic acids is 1. The molecule has 5 heteroatoms. The number of aliphatic hydroxyl groups is 3. The van der Waals surface area contributed by atoms with E-state index >= 15 is 0 Å². The normalized spacial score (nSPS) is 54.2. The third-order valence-electron chi connectivity index (χ3n) is 9.23. The number of rotatable bonds is 2. The summed E-state index contributed by atoms with van der Waals surface area (Å²) >= 11 is 0. The van der Waals surface area contributed by atoms with Crippen molar-refractivity contribution in [2.75, 3.05) is 6.61 Å². The zero-order chi connectivity index (χ0) is 19.8. The molecule has 4 saturated carbocycles. The highest BCUT2D eigenvalue weighted by Gasteiger charge is 2.71. The maximum Gasteiger partial charge on any atom is 0.302 e. The smallest absolute Gasteiger partial charge is 0.302 e. The Labute approximate surface area is 161 Å². The fourth-order valence-electron chi connectivity index (χ4n) is 7.92. The summed E-state index contributed by atoms with van der Waals surface area (Å²) in [4.78, 5) is 11.6. The Morgan fingerprint density at radius 3 is 2.56 bits per heavy atom. The van der Waals surface area contributed by atoms with E-state index in [0.717, 1.165) is 31.3 Å². The van der Waals surface area contributed by atoms with E-state index in [4.69, 9.17) is 4.74 Å². The summed E-state index contributed by atoms with van der Waals surface area (Å²) in [5.74, 6) is 0.219. The van der Waals surface area contributed by atoms with E-state index in [-0.39, 0.29) is 35.9 Å². The summed E-state index contributed by atoms with van der Waals surface area (Å²) < 4.78 is 5.62. The summed E-state index contributed by atoms with van der Waals surface area (Å²) in [7, 11) is 0. The molecule has 2 bridgehead atoms. The van der Waals surface area contributed by atoms with E-state index in [1.165, 1.54) is 6.92 Å². The number of ether oxygens (including phenoxy) is 1. The molecule has 27 heavy (non-hydrogen) atoms. The third-order valence-corrected chi connectivity index (χ3v) is 9.23. The topological polar surface area (TPSA) is 87.0 Å². The summed E-state index contributed by atoms with van der Waals surface area (Å²) in [5.41, 5.74) is -0.296. The molecule has 0 aliphatic heterocycles. The first-order valence-corrected chi connectivity index (χ1v) is 10.4. The quantitative estimate of drug-likeness (QED) is 0.507. The number of fused-ring (bicyclic) bond motifs is 3. The Kier molecular flexibility index (Phi) is 4.34. The van der Waals surface area contributed by atoms with Gasteiger partial charge in [0.15, 0.2) is 0 Å². The number of hydrogen-bond donors (Lipinski definition) is 3. The average molecular weight is 379 g/mol. The number of esters is 1. The SMILES string of the molecule is C=C1[C@@H]2CC[C@H]3[C@]4(C)CC[C@@H](OC(C)=O)[C@](C)(CO)[C@H]4C[C@@H](O)[C@]3(C2)[C@@H]1O. The van der Waals surface area contributed by atoms with Gasteiger partial charge in [0.05, 0.1) is 18.8 Å². The van der Waals surface area contributed by atoms with Gasteiger partial charge in [-0.05, 0) is 67.3 Å². The lowest BCUT2D eigenvalue weighted by molar-refractivity contribution is -0.248. The molecule has 152 valence electrons. The minimum absolute atomic E-state index is 0.0383. The molecular weight excluding hydrogens is 344 g/mol. The third kappa shape index (κ3) is 2.31. The molecule has 5 nitrogen and oxygen atoms in total. The molecule has 3 N–H and O–H groups in total. The van der Waals surface area contributed by atoms with E-state index in [9.17, 15) is 20.1 Å². The van der Waals surface area contributed by atoms with Crippen molar-refractivity contribution in [3.05, 3.63) is 12.2 Å². The molecule has 0 heterocycles. The predicted molar refractivity (Wildman–Crippen MR) is 101 cm³/mol. The van der Waals surface area contributed by atoms with Gasteiger partial charge < -0.3 is 20.1 Å². The average Bonchev–Trinajstić information content (AvgIpc) is 2.81. The molecule has 0 saturated heterocycles. The van der Waals surface area contributed by atoms with Crippen LogP contribution in [0.3, 0.4) is 0 Å². The van der Waals surface area contributed by atoms with Gasteiger partial charge in [-0.1, -0.05) is 20.4 Å². The molecule has 4 aliphatic carbocycles. The lowest BCUT2D eigenvalue weighted by Gasteiger charge is -2.66. The molecule has 0 radical (unpaired) electrons. The first kappa shape index (κ1) is 19.4. The second-order valence-corrected chi connectivity index (χ2v) is 10.2. The monoisotopic (exact) mass is 378 g/mol. The molecule has 4 rings (SSSR count). The van der Waals surface area contributed by atoms with Crippen LogP contribution in [0.15, 0.2) is 12.2 Å². The first-order valence-electron chi connectivity index (χ1n) is 10.4. The van der Waals surface area contributed by atoms with E-state index in [1.54, 1.807) is 0 Å². The molecule has 0 aromatic carbocycles. The molecule has 9 atom stereocenters. The molecule has 0 amide bonds. The van der Waals surface area contributed by atoms with Crippen LogP contribution in [0.1, 0.15) is 59.3 Å². The molecule has 4 aliphatic rings. The maximum absolute atomic E-state index is 11.6. The molecule has 0 aromatic heterocycles. The zero-order valence-electron chi connectivity index (χ0n) is 16.8. The maximum atomic E-state index is 11.6. The predicted octanol–water partition coefficient (Wildman–Crippen LogP) is 2.43. The molecular formula is C22H34O5. The summed E-state index contributed by atoms with van der Waals surface area (Å²) in [5, 5.41) is 32.8. The van der Waals surface area contributed by atoms with Gasteiger partial charge in [-0.15, -0.1) is 0 Å². The Balaban J connectivity index is 1.76. The summed E-state index contributed by atoms with van der Waals surface area (Å²) in [6.45, 7) is 9.78. The van der Waals surface area contributed by atoms with Gasteiger partial charge in [0.25, 0.3) is 0 Å². The highest BCUT2D eigenvalue weighted by molar-refractivity contribution is 5.66. The number of carbonyl (C=O) groups is 1. The van der Waals surface area contributed by atoms with Gasteiger partial charge in [0, 0.05) is 17.8 Å². The van der Waals surface area contributed by atoms with Crippen LogP contribution in [0, 0.1) is 34.0 Å². The lowest BCUT2D eigenvalue weighted by atomic mass is 9.39. The second kappa shape index (κ2) is 6.04. The van der Waals surface area contributed by atoms with Gasteiger partial charge in [-0.3, -0.25) is 4.79 Å². The lowest BCUT2D eigenvalue weighted by Crippen LogP contribution is -2.67. The van der Waals surface area contributed by atoms with Crippen molar-refractivity contribution in [3.8, 4) is 0 Å². The van der Waals surface area contributed by atoms with Crippen LogP contribution in [0.25, 0.3) is 0 Å². The van der Waals surface area contributed by atoms with E-state index in [2.05, 4.69) is 13.5 Å². The highest BCUT2D eigenvalue weighted by Crippen LogP contribution is 2.72. The molecule has 4 fully saturated rings. The van der Waals surface area contributed by atoms with Crippen molar-refractivity contribution in [2.24, 2.45) is 34.0 Å². The first-order chi connectivity index (χ1) is 12.6. The van der Waals surface area contributed by atoms with Crippen LogP contribution in [-0.4, -0.2) is 46.2 Å². The van der Waals surface area contributed by atoms with E-state index < -0.39 is 23.0 Å². The van der Waals surface area contributed by atoms with Gasteiger partial charge in [-0.2, -0.15) is 0 Å². The standard InChI is InChI=1S/C22H34O5/c1-12-14-5-6-15-20(3)8-7-18(27-13(2)24)21(4,11-23)16(20)9-17(25)22(15,10-14)19(12)26/h14-19,23,25-26H,1,5-11H2,2-4H3/t14-,15+,16+,17-,18-,19-,20+,21-,22-/m1/s1. The number of hydrogen-bond acceptors (Lipinski definition) is 5. The van der Waals surface area contributed by atoms with Crippen LogP contribution in [-0.2, 0) is 9.53 Å². The van der Waals surface area contributed by atoms with E-state index in [1.807, 2.05) is 6.92 Å². The number of aliphatic hydroxyl groups excluding tert-OH is 3. The fraction of sp³-hybridized carbons (Fsp3) is 0.864. The Morgan fingerprint density at radius 1 is 1.22 bits per heavy atom. The fourth-order valence-corrected chi connectivity index (χ4v) is 7.92. The minimum atomic E-state index is -0.644. The molecule has 0 aromatic rings. The highest BCUT2D eigenvalue weighted by atomic mass is 16.5. The van der Waals surface area contributed by atoms with Crippen LogP contribution >= 0.6 is 0 Å². The van der Waals surface area contributed by atoms with Crippen molar-refractivity contribution in [1.29, 1.82) is 0 Å². The zero-order valence-corrected chi connectivity index (χ0v) is 16.8. The second-order valence-electron chi connectivity index (χ2n) is 10.2. The summed E-state index contributed by atoms with van der Waals surface area (Å²) in [6.07, 6.45) is 3.34. The van der Waals surface area contributed by atoms with Gasteiger partial charge >= 0.3 is 5.97 Å². The van der Waals surface area contributed by atoms with Crippen molar-refractivity contribution in [1.82, 2.24) is 0 Å². The Morgan fingerprint density at radius 2 is 1.93 bits per heavy atom. The van der Waals surface area contributed by atoms with Crippen molar-refractivity contribution in [2.45, 2.75) is 77.6 Å². The van der Waals surface area contributed by atoms with Crippen LogP contribution in [0.5, 0.6) is 0 Å². The molecule has 0 unspecified atom stereocenters. The van der Waals surface area contributed by atoms with E-state index in [0.29, 0.717) is 18.8 Å².